The Bertz CT molecular complexity index is 642. The van der Waals surface area contributed by atoms with E-state index in [-0.39, 0.29) is 10.6 Å². The van der Waals surface area contributed by atoms with Crippen LogP contribution in [-0.4, -0.2) is 10.5 Å². The fourth-order valence-electron chi connectivity index (χ4n) is 3.07. The SMILES string of the molecule is NC1(Cc2ccccc2[N+](=O)[O-])Cc2ccccc2C1. The maximum Gasteiger partial charge on any atom is 0.272 e. The lowest BCUT2D eigenvalue weighted by atomic mass is 9.88. The van der Waals surface area contributed by atoms with Crippen LogP contribution in [0.25, 0.3) is 0 Å². The van der Waals surface area contributed by atoms with Crippen LogP contribution in [-0.2, 0) is 19.3 Å². The number of nitrogens with zero attached hydrogens (tertiary/aromatic N) is 1. The molecule has 1 aliphatic rings. The highest BCUT2D eigenvalue weighted by Crippen LogP contribution is 2.32. The third-order valence-corrected chi connectivity index (χ3v) is 3.93. The van der Waals surface area contributed by atoms with Gasteiger partial charge < -0.3 is 5.73 Å². The molecule has 0 heterocycles. The second-order valence-electron chi connectivity index (χ2n) is 5.55. The fourth-order valence-corrected chi connectivity index (χ4v) is 3.07. The van der Waals surface area contributed by atoms with Crippen LogP contribution in [0.15, 0.2) is 48.5 Å². The molecule has 0 radical (unpaired) electrons. The zero-order valence-electron chi connectivity index (χ0n) is 11.1. The smallest absolute Gasteiger partial charge is 0.272 e. The maximum atomic E-state index is 11.1. The number of nitrogens with two attached hydrogens (primary N) is 1. The van der Waals surface area contributed by atoms with Gasteiger partial charge in [-0.15, -0.1) is 0 Å². The minimum Gasteiger partial charge on any atom is -0.324 e. The first-order valence-corrected chi connectivity index (χ1v) is 6.65. The topological polar surface area (TPSA) is 69.2 Å². The van der Waals surface area contributed by atoms with Crippen LogP contribution in [0.5, 0.6) is 0 Å². The van der Waals surface area contributed by atoms with Crippen LogP contribution < -0.4 is 5.73 Å². The highest BCUT2D eigenvalue weighted by Gasteiger charge is 2.34. The standard InChI is InChI=1S/C16H16N2O2/c17-16(9-12-5-1-2-6-13(12)10-16)11-14-7-3-4-8-15(14)18(19)20/h1-8H,9-11,17H2. The fraction of sp³-hybridized carbons (Fsp3) is 0.250. The van der Waals surface area contributed by atoms with Gasteiger partial charge in [0.1, 0.15) is 0 Å². The van der Waals surface area contributed by atoms with E-state index >= 15 is 0 Å². The average Bonchev–Trinajstić information content (AvgIpc) is 2.74. The molecule has 0 aliphatic heterocycles. The summed E-state index contributed by atoms with van der Waals surface area (Å²) in [5.41, 5.74) is 9.46. The first-order chi connectivity index (χ1) is 9.57. The lowest BCUT2D eigenvalue weighted by molar-refractivity contribution is -0.385. The molecule has 4 nitrogen and oxygen atoms in total. The van der Waals surface area contributed by atoms with E-state index in [2.05, 4.69) is 12.1 Å². The Morgan fingerprint density at radius 1 is 1.05 bits per heavy atom. The van der Waals surface area contributed by atoms with Crippen molar-refractivity contribution in [3.63, 3.8) is 0 Å². The number of nitro benzene ring substituents is 1. The molecule has 2 N–H and O–H groups in total. The van der Waals surface area contributed by atoms with E-state index in [0.29, 0.717) is 12.0 Å². The lowest BCUT2D eigenvalue weighted by Gasteiger charge is -2.23. The third kappa shape index (κ3) is 2.30. The van der Waals surface area contributed by atoms with Crippen molar-refractivity contribution in [2.24, 2.45) is 5.73 Å². The summed E-state index contributed by atoms with van der Waals surface area (Å²) in [7, 11) is 0. The Labute approximate surface area is 117 Å². The Balaban J connectivity index is 1.88. The summed E-state index contributed by atoms with van der Waals surface area (Å²) in [6, 6.07) is 15.1. The Morgan fingerprint density at radius 2 is 1.60 bits per heavy atom. The van der Waals surface area contributed by atoms with Gasteiger partial charge in [0.15, 0.2) is 0 Å². The van der Waals surface area contributed by atoms with Crippen LogP contribution >= 0.6 is 0 Å². The van der Waals surface area contributed by atoms with E-state index in [1.165, 1.54) is 11.1 Å². The van der Waals surface area contributed by atoms with Crippen LogP contribution in [0.1, 0.15) is 16.7 Å². The van der Waals surface area contributed by atoms with Crippen LogP contribution in [0, 0.1) is 10.1 Å². The number of rotatable bonds is 3. The molecule has 0 amide bonds. The molecule has 1 aliphatic carbocycles. The van der Waals surface area contributed by atoms with E-state index in [4.69, 9.17) is 5.73 Å². The predicted octanol–water partition coefficient (Wildman–Crippen LogP) is 2.63. The minimum atomic E-state index is -0.421. The molecule has 0 bridgehead atoms. The first kappa shape index (κ1) is 12.8. The monoisotopic (exact) mass is 268 g/mol. The second-order valence-corrected chi connectivity index (χ2v) is 5.55. The number of nitro groups is 1. The molecule has 0 spiro atoms. The first-order valence-electron chi connectivity index (χ1n) is 6.65. The molecule has 0 atom stereocenters. The van der Waals surface area contributed by atoms with Crippen LogP contribution in [0.4, 0.5) is 5.69 Å². The Kier molecular flexibility index (Phi) is 3.03. The summed E-state index contributed by atoms with van der Waals surface area (Å²) < 4.78 is 0. The molecule has 0 saturated heterocycles. The molecule has 20 heavy (non-hydrogen) atoms. The van der Waals surface area contributed by atoms with Gasteiger partial charge in [0.25, 0.3) is 5.69 Å². The van der Waals surface area contributed by atoms with Crippen molar-refractivity contribution in [2.45, 2.75) is 24.8 Å². The minimum absolute atomic E-state index is 0.160. The molecular weight excluding hydrogens is 252 g/mol. The number of benzene rings is 2. The summed E-state index contributed by atoms with van der Waals surface area (Å²) in [6.07, 6.45) is 2.07. The number of hydrogen-bond donors (Lipinski definition) is 1. The predicted molar refractivity (Wildman–Crippen MR) is 77.6 cm³/mol. The lowest BCUT2D eigenvalue weighted by Crippen LogP contribution is -2.43. The second kappa shape index (κ2) is 4.72. The van der Waals surface area contributed by atoms with Gasteiger partial charge in [-0.05, 0) is 30.4 Å². The van der Waals surface area contributed by atoms with E-state index < -0.39 is 5.54 Å². The van der Waals surface area contributed by atoms with Crippen molar-refractivity contribution >= 4 is 5.69 Å². The molecule has 4 heteroatoms. The summed E-state index contributed by atoms with van der Waals surface area (Å²) in [5.74, 6) is 0. The molecule has 0 aromatic heterocycles. The molecule has 102 valence electrons. The molecule has 0 saturated carbocycles. The van der Waals surface area contributed by atoms with Crippen molar-refractivity contribution in [1.82, 2.24) is 0 Å². The van der Waals surface area contributed by atoms with E-state index in [1.54, 1.807) is 18.2 Å². The van der Waals surface area contributed by atoms with Crippen LogP contribution in [0.3, 0.4) is 0 Å². The third-order valence-electron chi connectivity index (χ3n) is 3.93. The molecule has 2 aromatic carbocycles. The molecule has 2 aromatic rings. The zero-order chi connectivity index (χ0) is 14.2. The van der Waals surface area contributed by atoms with Gasteiger partial charge in [-0.1, -0.05) is 42.5 Å². The Hall–Kier alpha value is -2.20. The van der Waals surface area contributed by atoms with Gasteiger partial charge in [0.05, 0.1) is 4.92 Å². The number of para-hydroxylation sites is 1. The molecule has 0 fully saturated rings. The van der Waals surface area contributed by atoms with Crippen LogP contribution in [0.2, 0.25) is 0 Å². The van der Waals surface area contributed by atoms with Gasteiger partial charge in [-0.3, -0.25) is 10.1 Å². The highest BCUT2D eigenvalue weighted by atomic mass is 16.6. The summed E-state index contributed by atoms with van der Waals surface area (Å²) in [4.78, 5) is 10.8. The summed E-state index contributed by atoms with van der Waals surface area (Å²) in [6.45, 7) is 0. The molecule has 0 unspecified atom stereocenters. The maximum absolute atomic E-state index is 11.1. The van der Waals surface area contributed by atoms with Crippen molar-refractivity contribution in [3.05, 3.63) is 75.3 Å². The van der Waals surface area contributed by atoms with Crippen molar-refractivity contribution < 1.29 is 4.92 Å². The zero-order valence-corrected chi connectivity index (χ0v) is 11.1. The largest absolute Gasteiger partial charge is 0.324 e. The highest BCUT2D eigenvalue weighted by molar-refractivity contribution is 5.43. The van der Waals surface area contributed by atoms with Crippen molar-refractivity contribution in [3.8, 4) is 0 Å². The average molecular weight is 268 g/mol. The van der Waals surface area contributed by atoms with E-state index in [0.717, 1.165) is 12.8 Å². The van der Waals surface area contributed by atoms with Gasteiger partial charge in [-0.2, -0.15) is 0 Å². The quantitative estimate of drug-likeness (QED) is 0.687. The summed E-state index contributed by atoms with van der Waals surface area (Å²) >= 11 is 0. The van der Waals surface area contributed by atoms with Gasteiger partial charge in [0, 0.05) is 17.2 Å². The Morgan fingerprint density at radius 3 is 2.20 bits per heavy atom. The van der Waals surface area contributed by atoms with Gasteiger partial charge in [-0.25, -0.2) is 0 Å². The normalized spacial score (nSPS) is 15.8. The molecular formula is C16H16N2O2. The number of fused-ring (bicyclic) bond motifs is 1. The van der Waals surface area contributed by atoms with Gasteiger partial charge >= 0.3 is 0 Å². The summed E-state index contributed by atoms with van der Waals surface area (Å²) in [5, 5.41) is 11.1. The number of hydrogen-bond acceptors (Lipinski definition) is 3. The van der Waals surface area contributed by atoms with E-state index in [9.17, 15) is 10.1 Å². The van der Waals surface area contributed by atoms with Crippen molar-refractivity contribution in [2.75, 3.05) is 0 Å². The van der Waals surface area contributed by atoms with Gasteiger partial charge in [0.2, 0.25) is 0 Å². The van der Waals surface area contributed by atoms with Crippen molar-refractivity contribution in [1.29, 1.82) is 0 Å². The molecule has 3 rings (SSSR count). The van der Waals surface area contributed by atoms with E-state index in [1.807, 2.05) is 18.2 Å².